The molecule has 2 fully saturated rings. The van der Waals surface area contributed by atoms with Crippen molar-refractivity contribution < 1.29 is 9.90 Å². The Hall–Kier alpha value is -2.47. The first-order valence-corrected chi connectivity index (χ1v) is 11.2. The van der Waals surface area contributed by atoms with Crippen molar-refractivity contribution in [1.82, 2.24) is 14.9 Å². The van der Waals surface area contributed by atoms with Gasteiger partial charge in [0.15, 0.2) is 0 Å². The highest BCUT2D eigenvalue weighted by Crippen LogP contribution is 2.33. The van der Waals surface area contributed by atoms with Crippen LogP contribution in [0.4, 0.5) is 11.6 Å². The van der Waals surface area contributed by atoms with Crippen LogP contribution in [0.3, 0.4) is 0 Å². The highest BCUT2D eigenvalue weighted by molar-refractivity contribution is 5.77. The molecule has 0 bridgehead atoms. The molecule has 6 heteroatoms. The monoisotopic (exact) mass is 408 g/mol. The molecule has 4 rings (SSSR count). The van der Waals surface area contributed by atoms with Gasteiger partial charge in [0.1, 0.15) is 11.6 Å². The van der Waals surface area contributed by atoms with Crippen LogP contribution in [0.5, 0.6) is 0 Å². The van der Waals surface area contributed by atoms with Crippen LogP contribution in [0.15, 0.2) is 36.5 Å². The summed E-state index contributed by atoms with van der Waals surface area (Å²) >= 11 is 0. The highest BCUT2D eigenvalue weighted by atomic mass is 16.3. The number of hydrogen-bond acceptors (Lipinski definition) is 5. The Morgan fingerprint density at radius 2 is 2.03 bits per heavy atom. The van der Waals surface area contributed by atoms with E-state index in [2.05, 4.69) is 10.3 Å². The van der Waals surface area contributed by atoms with Gasteiger partial charge < -0.3 is 15.3 Å². The molecule has 1 aliphatic carbocycles. The third kappa shape index (κ3) is 4.98. The van der Waals surface area contributed by atoms with E-state index < -0.39 is 5.60 Å². The molecule has 2 aromatic rings. The molecular formula is C24H32N4O2. The van der Waals surface area contributed by atoms with Crippen molar-refractivity contribution in [2.24, 2.45) is 0 Å². The molecule has 3 heterocycles. The summed E-state index contributed by atoms with van der Waals surface area (Å²) in [7, 11) is 0. The van der Waals surface area contributed by atoms with Crippen molar-refractivity contribution in [3.8, 4) is 0 Å². The molecule has 2 aromatic heterocycles. The molecule has 1 atom stereocenters. The minimum Gasteiger partial charge on any atom is -0.389 e. The van der Waals surface area contributed by atoms with E-state index in [0.717, 1.165) is 74.4 Å². The molecule has 0 aromatic carbocycles. The zero-order valence-electron chi connectivity index (χ0n) is 17.8. The van der Waals surface area contributed by atoms with Crippen LogP contribution in [0, 0.1) is 6.92 Å². The van der Waals surface area contributed by atoms with Crippen molar-refractivity contribution >= 4 is 17.5 Å². The molecule has 1 aliphatic heterocycles. The number of aliphatic hydroxyl groups is 1. The molecule has 1 saturated carbocycles. The predicted molar refractivity (Wildman–Crippen MR) is 118 cm³/mol. The largest absolute Gasteiger partial charge is 0.389 e. The van der Waals surface area contributed by atoms with E-state index in [1.807, 2.05) is 42.2 Å². The van der Waals surface area contributed by atoms with Crippen LogP contribution in [-0.2, 0) is 4.79 Å². The third-order valence-corrected chi connectivity index (χ3v) is 6.48. The van der Waals surface area contributed by atoms with Crippen molar-refractivity contribution in [2.45, 2.75) is 69.8 Å². The van der Waals surface area contributed by atoms with E-state index in [1.54, 1.807) is 6.20 Å². The Kier molecular flexibility index (Phi) is 6.32. The lowest BCUT2D eigenvalue weighted by Crippen LogP contribution is -2.44. The number of likely N-dealkylation sites (tertiary alicyclic amines) is 1. The SMILES string of the molecule is Cc1cccnc1Nc1cccc([C@@H]2CCCN(C(=O)CC3(O)CCCCC3)C2)n1. The molecule has 2 aliphatic rings. The summed E-state index contributed by atoms with van der Waals surface area (Å²) in [6.45, 7) is 3.47. The molecule has 6 nitrogen and oxygen atoms in total. The number of pyridine rings is 2. The lowest BCUT2D eigenvalue weighted by atomic mass is 9.82. The Morgan fingerprint density at radius 3 is 2.83 bits per heavy atom. The fourth-order valence-electron chi connectivity index (χ4n) is 4.71. The van der Waals surface area contributed by atoms with E-state index in [9.17, 15) is 9.90 Å². The minimum atomic E-state index is -0.801. The number of aryl methyl sites for hydroxylation is 1. The molecular weight excluding hydrogens is 376 g/mol. The second kappa shape index (κ2) is 9.13. The van der Waals surface area contributed by atoms with Gasteiger partial charge in [-0.2, -0.15) is 0 Å². The average Bonchev–Trinajstić information content (AvgIpc) is 2.76. The number of rotatable bonds is 5. The normalized spacial score (nSPS) is 21.3. The molecule has 2 N–H and O–H groups in total. The summed E-state index contributed by atoms with van der Waals surface area (Å²) in [4.78, 5) is 24.1. The van der Waals surface area contributed by atoms with E-state index in [1.165, 1.54) is 0 Å². The molecule has 0 spiro atoms. The number of amides is 1. The Bertz CT molecular complexity index is 879. The minimum absolute atomic E-state index is 0.0856. The second-order valence-electron chi connectivity index (χ2n) is 8.88. The van der Waals surface area contributed by atoms with E-state index >= 15 is 0 Å². The van der Waals surface area contributed by atoms with Gasteiger partial charge >= 0.3 is 0 Å². The summed E-state index contributed by atoms with van der Waals surface area (Å²) in [5, 5.41) is 14.1. The Morgan fingerprint density at radius 1 is 1.20 bits per heavy atom. The number of nitrogens with one attached hydrogen (secondary N) is 1. The lowest BCUT2D eigenvalue weighted by Gasteiger charge is -2.37. The van der Waals surface area contributed by atoms with Gasteiger partial charge in [0.05, 0.1) is 12.0 Å². The van der Waals surface area contributed by atoms with Crippen LogP contribution in [0.2, 0.25) is 0 Å². The predicted octanol–water partition coefficient (Wildman–Crippen LogP) is 4.32. The second-order valence-corrected chi connectivity index (χ2v) is 8.88. The van der Waals surface area contributed by atoms with Gasteiger partial charge in [-0.15, -0.1) is 0 Å². The third-order valence-electron chi connectivity index (χ3n) is 6.48. The average molecular weight is 409 g/mol. The van der Waals surface area contributed by atoms with Gasteiger partial charge in [0.25, 0.3) is 0 Å². The maximum Gasteiger partial charge on any atom is 0.225 e. The van der Waals surface area contributed by atoms with Crippen molar-refractivity contribution in [3.05, 3.63) is 47.8 Å². The number of piperidine rings is 1. The summed E-state index contributed by atoms with van der Waals surface area (Å²) in [6, 6.07) is 9.94. The topological polar surface area (TPSA) is 78.4 Å². The van der Waals surface area contributed by atoms with E-state index in [4.69, 9.17) is 4.98 Å². The fourth-order valence-corrected chi connectivity index (χ4v) is 4.71. The number of carbonyl (C=O) groups excluding carboxylic acids is 1. The Labute approximate surface area is 178 Å². The zero-order chi connectivity index (χ0) is 21.0. The Balaban J connectivity index is 1.42. The maximum atomic E-state index is 12.9. The van der Waals surface area contributed by atoms with Crippen LogP contribution in [0.1, 0.15) is 68.5 Å². The highest BCUT2D eigenvalue weighted by Gasteiger charge is 2.35. The van der Waals surface area contributed by atoms with Gasteiger partial charge in [-0.3, -0.25) is 4.79 Å². The molecule has 1 amide bonds. The summed E-state index contributed by atoms with van der Waals surface area (Å²) < 4.78 is 0. The first-order chi connectivity index (χ1) is 14.5. The quantitative estimate of drug-likeness (QED) is 0.770. The molecule has 1 saturated heterocycles. The van der Waals surface area contributed by atoms with Crippen LogP contribution < -0.4 is 5.32 Å². The number of aromatic nitrogens is 2. The number of anilines is 2. The summed E-state index contributed by atoms with van der Waals surface area (Å²) in [5.41, 5.74) is 1.27. The molecule has 30 heavy (non-hydrogen) atoms. The van der Waals surface area contributed by atoms with Crippen LogP contribution in [0.25, 0.3) is 0 Å². The zero-order valence-corrected chi connectivity index (χ0v) is 17.8. The first-order valence-electron chi connectivity index (χ1n) is 11.2. The number of carbonyl (C=O) groups is 1. The van der Waals surface area contributed by atoms with Crippen molar-refractivity contribution in [1.29, 1.82) is 0 Å². The summed E-state index contributed by atoms with van der Waals surface area (Å²) in [6.07, 6.45) is 8.71. The van der Waals surface area contributed by atoms with Crippen molar-refractivity contribution in [2.75, 3.05) is 18.4 Å². The fraction of sp³-hybridized carbons (Fsp3) is 0.542. The van der Waals surface area contributed by atoms with Crippen molar-refractivity contribution in [3.63, 3.8) is 0 Å². The van der Waals surface area contributed by atoms with Gasteiger partial charge in [-0.1, -0.05) is 31.4 Å². The number of nitrogens with zero attached hydrogens (tertiary/aromatic N) is 3. The molecule has 0 radical (unpaired) electrons. The van der Waals surface area contributed by atoms with Gasteiger partial charge in [-0.05, 0) is 56.4 Å². The van der Waals surface area contributed by atoms with Gasteiger partial charge in [0.2, 0.25) is 5.91 Å². The van der Waals surface area contributed by atoms with E-state index in [0.29, 0.717) is 6.54 Å². The van der Waals surface area contributed by atoms with Crippen LogP contribution >= 0.6 is 0 Å². The smallest absolute Gasteiger partial charge is 0.225 e. The van der Waals surface area contributed by atoms with Gasteiger partial charge in [0, 0.05) is 30.9 Å². The van der Waals surface area contributed by atoms with Crippen LogP contribution in [-0.4, -0.2) is 44.6 Å². The molecule has 160 valence electrons. The standard InChI is InChI=1S/C24H32N4O2/c1-18-8-6-14-25-23(18)27-21-11-5-10-20(26-21)19-9-7-15-28(17-19)22(29)16-24(30)12-3-2-4-13-24/h5-6,8,10-11,14,19,30H,2-4,7,9,12-13,15-17H2,1H3,(H,25,26,27)/t19-/m1/s1. The number of hydrogen-bond donors (Lipinski definition) is 2. The maximum absolute atomic E-state index is 12.9. The summed E-state index contributed by atoms with van der Waals surface area (Å²) in [5.74, 6) is 1.88. The van der Waals surface area contributed by atoms with E-state index in [-0.39, 0.29) is 18.2 Å². The first kappa shape index (κ1) is 20.8. The molecule has 0 unspecified atom stereocenters. The lowest BCUT2D eigenvalue weighted by molar-refractivity contribution is -0.139. The van der Waals surface area contributed by atoms with Gasteiger partial charge in [-0.25, -0.2) is 9.97 Å².